The molecule has 0 unspecified atom stereocenters. The van der Waals surface area contributed by atoms with E-state index in [1.165, 1.54) is 11.1 Å². The molecule has 2 rings (SSSR count). The van der Waals surface area contributed by atoms with Gasteiger partial charge in [0.15, 0.2) is 0 Å². The van der Waals surface area contributed by atoms with Crippen LogP contribution in [0.4, 0.5) is 5.82 Å². The predicted octanol–water partition coefficient (Wildman–Crippen LogP) is 4.11. The van der Waals surface area contributed by atoms with Gasteiger partial charge >= 0.3 is 0 Å². The molecule has 0 fully saturated rings. The van der Waals surface area contributed by atoms with Gasteiger partial charge in [0.2, 0.25) is 0 Å². The third-order valence-electron chi connectivity index (χ3n) is 2.77. The summed E-state index contributed by atoms with van der Waals surface area (Å²) in [5.74, 6) is 1.75. The fraction of sp³-hybridized carbons (Fsp3) is 0.333. The van der Waals surface area contributed by atoms with Gasteiger partial charge in [-0.1, -0.05) is 36.8 Å². The highest BCUT2D eigenvalue weighted by molar-refractivity contribution is 9.10. The van der Waals surface area contributed by atoms with Crippen LogP contribution in [0.15, 0.2) is 34.9 Å². The summed E-state index contributed by atoms with van der Waals surface area (Å²) < 4.78 is 0.831. The third kappa shape index (κ3) is 4.31. The molecule has 0 amide bonds. The fourth-order valence-electron chi connectivity index (χ4n) is 1.91. The molecule has 0 saturated heterocycles. The lowest BCUT2D eigenvalue weighted by atomic mass is 10.1. The maximum Gasteiger partial charge on any atom is 0.132 e. The molecule has 0 radical (unpaired) electrons. The van der Waals surface area contributed by atoms with Crippen LogP contribution < -0.4 is 5.32 Å². The summed E-state index contributed by atoms with van der Waals surface area (Å²) in [5.41, 5.74) is 2.53. The summed E-state index contributed by atoms with van der Waals surface area (Å²) >= 11 is 3.43. The molecule has 2 aromatic rings. The number of hydrogen-bond donors (Lipinski definition) is 1. The SMILES string of the molecule is CCCc1nc(Br)cc(NCc2cccc(C)c2)n1. The minimum atomic E-state index is 0.775. The Kier molecular flexibility index (Phi) is 4.91. The van der Waals surface area contributed by atoms with E-state index in [1.807, 2.05) is 6.07 Å². The molecule has 4 heteroatoms. The molecule has 0 aliphatic rings. The first-order chi connectivity index (χ1) is 9.17. The van der Waals surface area contributed by atoms with Gasteiger partial charge in [-0.15, -0.1) is 0 Å². The Bertz CT molecular complexity index is 555. The van der Waals surface area contributed by atoms with E-state index in [0.717, 1.165) is 35.6 Å². The van der Waals surface area contributed by atoms with Crippen molar-refractivity contribution in [2.24, 2.45) is 0 Å². The van der Waals surface area contributed by atoms with Crippen molar-refractivity contribution in [3.8, 4) is 0 Å². The second-order valence-electron chi connectivity index (χ2n) is 4.58. The molecular formula is C15H18BrN3. The van der Waals surface area contributed by atoms with E-state index in [2.05, 4.69) is 69.3 Å². The van der Waals surface area contributed by atoms with Crippen LogP contribution in [-0.2, 0) is 13.0 Å². The number of halogens is 1. The number of nitrogens with zero attached hydrogens (tertiary/aromatic N) is 2. The van der Waals surface area contributed by atoms with Gasteiger partial charge in [0.05, 0.1) is 0 Å². The van der Waals surface area contributed by atoms with Crippen molar-refractivity contribution >= 4 is 21.7 Å². The van der Waals surface area contributed by atoms with Crippen LogP contribution in [0.3, 0.4) is 0 Å². The van der Waals surface area contributed by atoms with Gasteiger partial charge in [0.25, 0.3) is 0 Å². The van der Waals surface area contributed by atoms with Crippen LogP contribution in [0.1, 0.15) is 30.3 Å². The van der Waals surface area contributed by atoms with Crippen molar-refractivity contribution in [2.45, 2.75) is 33.2 Å². The van der Waals surface area contributed by atoms with Crippen LogP contribution in [0.25, 0.3) is 0 Å². The Morgan fingerprint density at radius 3 is 2.79 bits per heavy atom. The van der Waals surface area contributed by atoms with E-state index >= 15 is 0 Å². The molecule has 1 heterocycles. The number of rotatable bonds is 5. The first kappa shape index (κ1) is 14.0. The molecule has 0 saturated carbocycles. The maximum absolute atomic E-state index is 4.51. The zero-order valence-electron chi connectivity index (χ0n) is 11.3. The molecule has 0 atom stereocenters. The Labute approximate surface area is 122 Å². The van der Waals surface area contributed by atoms with E-state index in [-0.39, 0.29) is 0 Å². The summed E-state index contributed by atoms with van der Waals surface area (Å²) in [6.07, 6.45) is 1.95. The number of benzene rings is 1. The lowest BCUT2D eigenvalue weighted by Crippen LogP contribution is -2.05. The van der Waals surface area contributed by atoms with Crippen LogP contribution >= 0.6 is 15.9 Å². The van der Waals surface area contributed by atoms with Gasteiger partial charge in [-0.25, -0.2) is 9.97 Å². The predicted molar refractivity (Wildman–Crippen MR) is 82.2 cm³/mol. The van der Waals surface area contributed by atoms with Crippen molar-refractivity contribution in [1.82, 2.24) is 9.97 Å². The summed E-state index contributed by atoms with van der Waals surface area (Å²) in [6, 6.07) is 10.4. The number of aryl methyl sites for hydroxylation is 2. The monoisotopic (exact) mass is 319 g/mol. The normalized spacial score (nSPS) is 10.5. The molecule has 0 aliphatic heterocycles. The zero-order valence-corrected chi connectivity index (χ0v) is 12.9. The average molecular weight is 320 g/mol. The van der Waals surface area contributed by atoms with E-state index in [0.29, 0.717) is 0 Å². The molecule has 3 nitrogen and oxygen atoms in total. The van der Waals surface area contributed by atoms with Crippen molar-refractivity contribution in [3.05, 3.63) is 51.9 Å². The topological polar surface area (TPSA) is 37.8 Å². The van der Waals surface area contributed by atoms with E-state index in [4.69, 9.17) is 0 Å². The van der Waals surface area contributed by atoms with Gasteiger partial charge in [-0.05, 0) is 34.8 Å². The molecule has 1 aromatic heterocycles. The summed E-state index contributed by atoms with van der Waals surface area (Å²) in [5, 5.41) is 3.35. The Hall–Kier alpha value is -1.42. The standard InChI is InChI=1S/C15H18BrN3/c1-3-5-14-18-13(16)9-15(19-14)17-10-12-7-4-6-11(2)8-12/h4,6-9H,3,5,10H2,1-2H3,(H,17,18,19). The summed E-state index contributed by atoms with van der Waals surface area (Å²) in [6.45, 7) is 5.00. The van der Waals surface area contributed by atoms with Gasteiger partial charge in [0, 0.05) is 19.0 Å². The fourth-order valence-corrected chi connectivity index (χ4v) is 2.33. The molecule has 1 N–H and O–H groups in total. The van der Waals surface area contributed by atoms with Crippen LogP contribution in [0.2, 0.25) is 0 Å². The number of anilines is 1. The van der Waals surface area contributed by atoms with E-state index in [1.54, 1.807) is 0 Å². The molecule has 19 heavy (non-hydrogen) atoms. The Balaban J connectivity index is 2.06. The second-order valence-corrected chi connectivity index (χ2v) is 5.40. The third-order valence-corrected chi connectivity index (χ3v) is 3.18. The Morgan fingerprint density at radius 1 is 1.21 bits per heavy atom. The van der Waals surface area contributed by atoms with Crippen molar-refractivity contribution in [2.75, 3.05) is 5.32 Å². The quantitative estimate of drug-likeness (QED) is 0.843. The highest BCUT2D eigenvalue weighted by atomic mass is 79.9. The van der Waals surface area contributed by atoms with Crippen molar-refractivity contribution in [3.63, 3.8) is 0 Å². The molecule has 0 aliphatic carbocycles. The Morgan fingerprint density at radius 2 is 2.05 bits per heavy atom. The van der Waals surface area contributed by atoms with Crippen LogP contribution in [-0.4, -0.2) is 9.97 Å². The van der Waals surface area contributed by atoms with E-state index in [9.17, 15) is 0 Å². The number of aromatic nitrogens is 2. The zero-order chi connectivity index (χ0) is 13.7. The van der Waals surface area contributed by atoms with Crippen molar-refractivity contribution in [1.29, 1.82) is 0 Å². The molecule has 1 aromatic carbocycles. The first-order valence-electron chi connectivity index (χ1n) is 6.50. The molecular weight excluding hydrogens is 302 g/mol. The highest BCUT2D eigenvalue weighted by Crippen LogP contribution is 2.14. The summed E-state index contributed by atoms with van der Waals surface area (Å²) in [4.78, 5) is 8.87. The van der Waals surface area contributed by atoms with Gasteiger partial charge in [-0.2, -0.15) is 0 Å². The minimum Gasteiger partial charge on any atom is -0.366 e. The van der Waals surface area contributed by atoms with Gasteiger partial charge in [-0.3, -0.25) is 0 Å². The van der Waals surface area contributed by atoms with Gasteiger partial charge in [0.1, 0.15) is 16.2 Å². The maximum atomic E-state index is 4.51. The van der Waals surface area contributed by atoms with E-state index < -0.39 is 0 Å². The number of hydrogen-bond acceptors (Lipinski definition) is 3. The van der Waals surface area contributed by atoms with Crippen LogP contribution in [0.5, 0.6) is 0 Å². The highest BCUT2D eigenvalue weighted by Gasteiger charge is 2.02. The lowest BCUT2D eigenvalue weighted by molar-refractivity contribution is 0.828. The summed E-state index contributed by atoms with van der Waals surface area (Å²) in [7, 11) is 0. The average Bonchev–Trinajstić information content (AvgIpc) is 2.36. The molecule has 100 valence electrons. The lowest BCUT2D eigenvalue weighted by Gasteiger charge is -2.08. The smallest absolute Gasteiger partial charge is 0.132 e. The second kappa shape index (κ2) is 6.66. The first-order valence-corrected chi connectivity index (χ1v) is 7.29. The largest absolute Gasteiger partial charge is 0.366 e. The van der Waals surface area contributed by atoms with Crippen molar-refractivity contribution < 1.29 is 0 Å². The molecule has 0 spiro atoms. The van der Waals surface area contributed by atoms with Crippen LogP contribution in [0, 0.1) is 6.92 Å². The van der Waals surface area contributed by atoms with Gasteiger partial charge < -0.3 is 5.32 Å². The molecule has 0 bridgehead atoms. The number of nitrogens with one attached hydrogen (secondary N) is 1. The minimum absolute atomic E-state index is 0.775.